The number of hydrogen-bond acceptors (Lipinski definition) is 3. The molecule has 0 aliphatic heterocycles. The molecule has 0 atom stereocenters. The molecule has 0 saturated heterocycles. The van der Waals surface area contributed by atoms with Crippen LogP contribution in [0.4, 0.5) is 4.79 Å². The molecule has 4 heteroatoms. The molecule has 0 aliphatic carbocycles. The molecule has 17 heavy (non-hydrogen) atoms. The van der Waals surface area contributed by atoms with Gasteiger partial charge < -0.3 is 14.7 Å². The van der Waals surface area contributed by atoms with E-state index in [1.54, 1.807) is 4.90 Å². The number of aliphatic hydroxyl groups excluding tert-OH is 1. The Hall–Kier alpha value is -1.03. The number of aliphatic hydroxyl groups is 1. The summed E-state index contributed by atoms with van der Waals surface area (Å²) in [6.07, 6.45) is -0.315. The molecule has 0 radical (unpaired) electrons. The number of ether oxygens (including phenoxy) is 1. The Balaban J connectivity index is 4.60. The molecular weight excluding hydrogens is 218 g/mol. The number of likely N-dealkylation sites (N-methyl/N-ethyl adjacent to an activating group) is 1. The highest BCUT2D eigenvalue weighted by atomic mass is 16.6. The van der Waals surface area contributed by atoms with Gasteiger partial charge in [0.25, 0.3) is 0 Å². The Morgan fingerprint density at radius 2 is 1.76 bits per heavy atom. The van der Waals surface area contributed by atoms with Crippen molar-refractivity contribution >= 4 is 6.09 Å². The summed E-state index contributed by atoms with van der Waals surface area (Å²) in [6.45, 7) is 12.3. The van der Waals surface area contributed by atoms with Gasteiger partial charge in [0.1, 0.15) is 5.60 Å². The molecule has 0 aliphatic rings. The van der Waals surface area contributed by atoms with Crippen molar-refractivity contribution in [2.75, 3.05) is 19.7 Å². The fourth-order valence-corrected chi connectivity index (χ4v) is 1.19. The van der Waals surface area contributed by atoms with E-state index >= 15 is 0 Å². The first kappa shape index (κ1) is 16.0. The van der Waals surface area contributed by atoms with Gasteiger partial charge in [-0.1, -0.05) is 5.57 Å². The molecule has 0 bridgehead atoms. The summed E-state index contributed by atoms with van der Waals surface area (Å²) in [5, 5.41) is 9.02. The summed E-state index contributed by atoms with van der Waals surface area (Å²) in [5.41, 5.74) is 1.42. The van der Waals surface area contributed by atoms with Crippen LogP contribution in [0.3, 0.4) is 0 Å². The van der Waals surface area contributed by atoms with Crippen LogP contribution in [0, 0.1) is 0 Å². The lowest BCUT2D eigenvalue weighted by Crippen LogP contribution is -2.37. The van der Waals surface area contributed by atoms with E-state index in [1.165, 1.54) is 0 Å². The highest BCUT2D eigenvalue weighted by Crippen LogP contribution is 2.12. The molecule has 0 spiro atoms. The van der Waals surface area contributed by atoms with Crippen molar-refractivity contribution < 1.29 is 14.6 Å². The van der Waals surface area contributed by atoms with E-state index in [4.69, 9.17) is 9.84 Å². The molecule has 100 valence electrons. The molecule has 0 fully saturated rings. The first-order valence-electron chi connectivity index (χ1n) is 5.95. The molecular formula is C13H25NO3. The highest BCUT2D eigenvalue weighted by Gasteiger charge is 2.21. The average molecular weight is 243 g/mol. The van der Waals surface area contributed by atoms with E-state index in [1.807, 2.05) is 41.5 Å². The Kier molecular flexibility index (Phi) is 6.24. The van der Waals surface area contributed by atoms with Gasteiger partial charge in [0, 0.05) is 13.1 Å². The van der Waals surface area contributed by atoms with E-state index in [9.17, 15) is 4.79 Å². The van der Waals surface area contributed by atoms with Crippen molar-refractivity contribution in [2.24, 2.45) is 0 Å². The normalized spacial score (nSPS) is 13.1. The van der Waals surface area contributed by atoms with Gasteiger partial charge in [-0.3, -0.25) is 0 Å². The van der Waals surface area contributed by atoms with Crippen LogP contribution in [0.15, 0.2) is 11.1 Å². The fraction of sp³-hybridized carbons (Fsp3) is 0.769. The van der Waals surface area contributed by atoms with Crippen LogP contribution in [0.2, 0.25) is 0 Å². The first-order chi connectivity index (χ1) is 7.71. The predicted molar refractivity (Wildman–Crippen MR) is 68.9 cm³/mol. The zero-order chi connectivity index (χ0) is 13.6. The molecule has 4 nitrogen and oxygen atoms in total. The Labute approximate surface area is 104 Å². The van der Waals surface area contributed by atoms with Crippen molar-refractivity contribution in [1.82, 2.24) is 4.90 Å². The Morgan fingerprint density at radius 3 is 2.12 bits per heavy atom. The van der Waals surface area contributed by atoms with E-state index in [-0.39, 0.29) is 12.7 Å². The van der Waals surface area contributed by atoms with Gasteiger partial charge in [0.15, 0.2) is 0 Å². The zero-order valence-electron chi connectivity index (χ0n) is 11.8. The van der Waals surface area contributed by atoms with Crippen molar-refractivity contribution in [1.29, 1.82) is 0 Å². The number of carbonyl (C=O) groups excluding carboxylic acids is 1. The van der Waals surface area contributed by atoms with Crippen LogP contribution >= 0.6 is 0 Å². The van der Waals surface area contributed by atoms with E-state index < -0.39 is 5.60 Å². The van der Waals surface area contributed by atoms with Gasteiger partial charge in [-0.15, -0.1) is 0 Å². The second-order valence-electron chi connectivity index (χ2n) is 5.21. The molecule has 0 rings (SSSR count). The predicted octanol–water partition coefficient (Wildman–Crippen LogP) is 2.57. The van der Waals surface area contributed by atoms with E-state index in [0.29, 0.717) is 13.1 Å². The summed E-state index contributed by atoms with van der Waals surface area (Å²) in [7, 11) is 0. The quantitative estimate of drug-likeness (QED) is 0.772. The second-order valence-corrected chi connectivity index (χ2v) is 5.21. The minimum Gasteiger partial charge on any atom is -0.444 e. The number of nitrogens with zero attached hydrogens (tertiary/aromatic N) is 1. The van der Waals surface area contributed by atoms with Crippen LogP contribution in [0.1, 0.15) is 41.5 Å². The van der Waals surface area contributed by atoms with Gasteiger partial charge in [0.2, 0.25) is 0 Å². The number of rotatable bonds is 4. The summed E-state index contributed by atoms with van der Waals surface area (Å²) in [6, 6.07) is 0. The van der Waals surface area contributed by atoms with Crippen LogP contribution in [-0.2, 0) is 4.74 Å². The first-order valence-corrected chi connectivity index (χ1v) is 5.95. The average Bonchev–Trinajstić information content (AvgIpc) is 2.21. The maximum Gasteiger partial charge on any atom is 0.410 e. The second kappa shape index (κ2) is 6.64. The summed E-state index contributed by atoms with van der Waals surface area (Å²) >= 11 is 0. The van der Waals surface area contributed by atoms with Gasteiger partial charge in [0.05, 0.1) is 6.61 Å². The van der Waals surface area contributed by atoms with Crippen molar-refractivity contribution in [3.8, 4) is 0 Å². The third-order valence-electron chi connectivity index (χ3n) is 2.43. The van der Waals surface area contributed by atoms with Crippen LogP contribution in [-0.4, -0.2) is 41.4 Å². The molecule has 1 amide bonds. The van der Waals surface area contributed by atoms with Crippen molar-refractivity contribution in [3.63, 3.8) is 0 Å². The van der Waals surface area contributed by atoms with Gasteiger partial charge in [-0.25, -0.2) is 4.79 Å². The van der Waals surface area contributed by atoms with Gasteiger partial charge in [-0.2, -0.15) is 0 Å². The molecule has 0 aromatic carbocycles. The molecule has 0 aromatic heterocycles. The van der Waals surface area contributed by atoms with E-state index in [0.717, 1.165) is 11.1 Å². The van der Waals surface area contributed by atoms with Crippen molar-refractivity contribution in [2.45, 2.75) is 47.1 Å². The minimum absolute atomic E-state index is 0.0255. The Bertz CT molecular complexity index is 290. The van der Waals surface area contributed by atoms with Gasteiger partial charge in [-0.05, 0) is 47.1 Å². The third-order valence-corrected chi connectivity index (χ3v) is 2.43. The van der Waals surface area contributed by atoms with Crippen LogP contribution < -0.4 is 0 Å². The lowest BCUT2D eigenvalue weighted by atomic mass is 10.1. The zero-order valence-corrected chi connectivity index (χ0v) is 11.8. The molecule has 0 heterocycles. The molecule has 1 N–H and O–H groups in total. The number of carbonyl (C=O) groups is 1. The summed E-state index contributed by atoms with van der Waals surface area (Å²) in [5.74, 6) is 0. The SMILES string of the molecule is CCN(CC(C)=C(C)CO)C(=O)OC(C)(C)C. The van der Waals surface area contributed by atoms with Gasteiger partial charge >= 0.3 is 6.09 Å². The summed E-state index contributed by atoms with van der Waals surface area (Å²) < 4.78 is 5.31. The lowest BCUT2D eigenvalue weighted by molar-refractivity contribution is 0.0276. The third kappa shape index (κ3) is 6.31. The maximum absolute atomic E-state index is 11.9. The minimum atomic E-state index is -0.478. The largest absolute Gasteiger partial charge is 0.444 e. The lowest BCUT2D eigenvalue weighted by Gasteiger charge is -2.27. The Morgan fingerprint density at radius 1 is 1.24 bits per heavy atom. The maximum atomic E-state index is 11.9. The number of amides is 1. The van der Waals surface area contributed by atoms with E-state index in [2.05, 4.69) is 0 Å². The molecule has 0 saturated carbocycles. The van der Waals surface area contributed by atoms with Crippen LogP contribution in [0.5, 0.6) is 0 Å². The standard InChI is InChI=1S/C13H25NO3/c1-7-14(8-10(2)11(3)9-15)12(16)17-13(4,5)6/h15H,7-9H2,1-6H3. The molecule has 0 aromatic rings. The fourth-order valence-electron chi connectivity index (χ4n) is 1.19. The summed E-state index contributed by atoms with van der Waals surface area (Å²) in [4.78, 5) is 13.5. The molecule has 0 unspecified atom stereocenters. The van der Waals surface area contributed by atoms with Crippen LogP contribution in [0.25, 0.3) is 0 Å². The monoisotopic (exact) mass is 243 g/mol. The van der Waals surface area contributed by atoms with Crippen molar-refractivity contribution in [3.05, 3.63) is 11.1 Å². The number of hydrogen-bond donors (Lipinski definition) is 1. The highest BCUT2D eigenvalue weighted by molar-refractivity contribution is 5.68. The topological polar surface area (TPSA) is 49.8 Å². The smallest absolute Gasteiger partial charge is 0.410 e.